The van der Waals surface area contributed by atoms with Crippen LogP contribution in [0.4, 0.5) is 0 Å². The van der Waals surface area contributed by atoms with E-state index in [-0.39, 0.29) is 198 Å². The molecular formula is C93H140ClN19O30S2. The molecule has 806 valence electrons. The summed E-state index contributed by atoms with van der Waals surface area (Å²) in [4.78, 5) is 286. The summed E-state index contributed by atoms with van der Waals surface area (Å²) in [5, 5.41) is 56.4. The SMILES string of the molecule is COC(=O)CN1CCN(CC(=O)OC)CCN(C(CCC(=O)NCC(NC(=O)CCC(C(=O)OC)N2CCN(CC(=O)OC)CCN(CC(=O)OC)CCN(CC(=O)OC)CC2)C(=O)N[C@@H](Cc2c[nH]c3ccccc23)C(=O)N[C@H](CCC(=O)O)C(=O)N[C@H]2CSSC[C@@H](C)NC(=O)[C@H](CC(C)C)NC(=O)CNC(=O)[C@H](Cc3ccc(O)c(Cl)c3)NC(=O)[C@@H]3C[C@@H](O)CN3C2=O)C(=O)OC)CCN(CC(=O)OC)CC1. The van der Waals surface area contributed by atoms with Crippen LogP contribution in [0, 0.1) is 5.92 Å². The third kappa shape index (κ3) is 41.3. The zero-order valence-electron chi connectivity index (χ0n) is 83.8. The molecule has 0 bridgehead atoms. The molecule has 2 aromatic carbocycles. The number of phenols is 1. The summed E-state index contributed by atoms with van der Waals surface area (Å²) in [6.45, 7) is 3.99. The topological polar surface area (TPSA) is 612 Å². The van der Waals surface area contributed by atoms with Gasteiger partial charge in [-0.1, -0.05) is 71.3 Å². The van der Waals surface area contributed by atoms with Crippen molar-refractivity contribution in [2.24, 2.45) is 5.92 Å². The van der Waals surface area contributed by atoms with Crippen molar-refractivity contribution in [3.8, 4) is 5.75 Å². The van der Waals surface area contributed by atoms with Gasteiger partial charge in [0, 0.05) is 191 Å². The number of nitrogens with zero attached hydrogens (tertiary/aromatic N) is 9. The molecule has 0 radical (unpaired) electrons. The van der Waals surface area contributed by atoms with Gasteiger partial charge in [-0.05, 0) is 67.9 Å². The number of fused-ring (bicyclic) bond motifs is 2. The highest BCUT2D eigenvalue weighted by Crippen LogP contribution is 2.29. The molecule has 5 heterocycles. The fourth-order valence-corrected chi connectivity index (χ4v) is 19.3. The van der Waals surface area contributed by atoms with Crippen LogP contribution in [0.25, 0.3) is 10.9 Å². The monoisotopic (exact) mass is 2100 g/mol. The van der Waals surface area contributed by atoms with Crippen molar-refractivity contribution >= 4 is 157 Å². The first-order chi connectivity index (χ1) is 69.2. The number of carboxylic acid groups (broad SMARTS) is 1. The number of hydrogen-bond acceptors (Lipinski definition) is 39. The zero-order valence-corrected chi connectivity index (χ0v) is 86.2. The lowest BCUT2D eigenvalue weighted by Gasteiger charge is -2.36. The number of aliphatic carboxylic acids is 1. The summed E-state index contributed by atoms with van der Waals surface area (Å²) in [7, 11) is 11.7. The van der Waals surface area contributed by atoms with Crippen molar-refractivity contribution in [2.75, 3.05) is 232 Å². The molecular weight excluding hydrogens is 1960 g/mol. The van der Waals surface area contributed by atoms with Crippen LogP contribution in [0.5, 0.6) is 5.75 Å². The molecule has 10 amide bonds. The Morgan fingerprint density at radius 1 is 0.510 bits per heavy atom. The van der Waals surface area contributed by atoms with E-state index in [1.807, 2.05) is 13.8 Å². The highest BCUT2D eigenvalue weighted by molar-refractivity contribution is 8.76. The first kappa shape index (κ1) is 120. The molecule has 4 saturated heterocycles. The molecule has 0 aliphatic carbocycles. The van der Waals surface area contributed by atoms with Crippen molar-refractivity contribution in [1.29, 1.82) is 0 Å². The number of nitrogens with one attached hydrogen (secondary N) is 10. The minimum absolute atomic E-state index is 0.00814. The van der Waals surface area contributed by atoms with Crippen LogP contribution < -0.4 is 47.9 Å². The number of hydrogen-bond donors (Lipinski definition) is 13. The van der Waals surface area contributed by atoms with Crippen molar-refractivity contribution < 1.29 is 144 Å². The smallest absolute Gasteiger partial charge is 0.323 e. The summed E-state index contributed by atoms with van der Waals surface area (Å²) >= 11 is 6.29. The highest BCUT2D eigenvalue weighted by Gasteiger charge is 2.45. The lowest BCUT2D eigenvalue weighted by molar-refractivity contribution is -0.149. The molecule has 4 aliphatic heterocycles. The van der Waals surface area contributed by atoms with Gasteiger partial charge < -0.3 is 111 Å². The number of aromatic nitrogens is 1. The fourth-order valence-electron chi connectivity index (χ4n) is 16.7. The number of carbonyl (C=O) groups is 19. The van der Waals surface area contributed by atoms with E-state index in [0.717, 1.165) is 40.7 Å². The average Bonchev–Trinajstić information content (AvgIpc) is 1.67. The summed E-state index contributed by atoms with van der Waals surface area (Å²) in [6, 6.07) is -4.02. The minimum Gasteiger partial charge on any atom is -0.506 e. The predicted molar refractivity (Wildman–Crippen MR) is 525 cm³/mol. The van der Waals surface area contributed by atoms with Gasteiger partial charge in [-0.15, -0.1) is 0 Å². The Kier molecular flexibility index (Phi) is 51.7. The average molecular weight is 2100 g/mol. The van der Waals surface area contributed by atoms with E-state index in [0.29, 0.717) is 22.0 Å². The maximum atomic E-state index is 15.8. The number of phenolic OH excluding ortho intramolecular Hbond substituents is 1. The zero-order chi connectivity index (χ0) is 107. The second-order valence-corrected chi connectivity index (χ2v) is 38.8. The lowest BCUT2D eigenvalue weighted by Crippen LogP contribution is -2.61. The number of aliphatic hydroxyl groups is 1. The summed E-state index contributed by atoms with van der Waals surface area (Å²) < 4.78 is 40.9. The molecule has 0 spiro atoms. The van der Waals surface area contributed by atoms with E-state index >= 15 is 24.0 Å². The van der Waals surface area contributed by atoms with E-state index in [1.54, 1.807) is 70.4 Å². The number of rotatable bonds is 40. The molecule has 4 fully saturated rings. The van der Waals surface area contributed by atoms with Crippen LogP contribution in [0.1, 0.15) is 83.3 Å². The molecule has 145 heavy (non-hydrogen) atoms. The van der Waals surface area contributed by atoms with Crippen molar-refractivity contribution in [3.05, 3.63) is 64.8 Å². The van der Waals surface area contributed by atoms with Gasteiger partial charge in [0.25, 0.3) is 0 Å². The summed E-state index contributed by atoms with van der Waals surface area (Å²) in [5.41, 5.74) is 1.22. The van der Waals surface area contributed by atoms with Crippen molar-refractivity contribution in [3.63, 3.8) is 0 Å². The second kappa shape index (κ2) is 62.4. The number of esters is 8. The number of aromatic amines is 1. The van der Waals surface area contributed by atoms with Crippen LogP contribution in [0.2, 0.25) is 5.02 Å². The normalized spacial score (nSPS) is 20.8. The number of benzene rings is 2. The molecule has 3 aromatic rings. The molecule has 11 atom stereocenters. The second-order valence-electron chi connectivity index (χ2n) is 35.8. The van der Waals surface area contributed by atoms with Crippen molar-refractivity contribution in [2.45, 2.75) is 152 Å². The molecule has 1 aromatic heterocycles. The lowest BCUT2D eigenvalue weighted by atomic mass is 10.0. The minimum atomic E-state index is -1.93. The Hall–Kier alpha value is -11.7. The van der Waals surface area contributed by atoms with E-state index < -0.39 is 237 Å². The Morgan fingerprint density at radius 2 is 0.972 bits per heavy atom. The largest absolute Gasteiger partial charge is 0.506 e. The van der Waals surface area contributed by atoms with Gasteiger partial charge in [-0.25, -0.2) is 0 Å². The third-order valence-electron chi connectivity index (χ3n) is 24.9. The number of carbonyl (C=O) groups excluding carboxylic acids is 18. The van der Waals surface area contributed by atoms with Crippen molar-refractivity contribution in [1.82, 2.24) is 96.9 Å². The first-order valence-corrected chi connectivity index (χ1v) is 50.6. The number of para-hydroxylation sites is 1. The van der Waals surface area contributed by atoms with E-state index in [1.165, 1.54) is 67.1 Å². The molecule has 49 nitrogen and oxygen atoms in total. The molecule has 13 N–H and O–H groups in total. The standard InChI is InChI=1S/C93H140ClN19O30S2/c1-57(2)40-66-87(129)98-58(3)55-144-145-56-70(91(133)113-48-61(114)44-73(113)90(132)103-67(85(127)97-47-77(118)99-66)42-59-16-20-74(115)63(94)41-59)104-86(128)65(17-23-78(119)120)101-88(130)68(43-60-45-95-64-15-13-12-14-62(60)64)102-89(131)69(100-76(117)22-19-72(93(135)143-11)112-38-34-109(53-83(125)140-8)30-26-106(50-80(122)137-5)27-31-110(35-39-112)54-84(126)141-9)46-96-75(116)21-18-71(92(134)142-10)111-36-32-107(51-81(123)138-6)28-24-105(49-79(121)136-4)25-29-108(33-37-111)52-82(124)139-7/h12-16,20,41,45,57-58,61,65-73,95,114-115H,17-19,21-40,42-44,46-56H2,1-11H3,(H,96,116)(H,97,127)(H,98,129)(H,99,118)(H,100,117)(H,101,130)(H,102,131)(H,103,132)(H,104,128)(H,119,120)/t58-,61-,65-,66+,67+,68+,69?,70+,71?,72?,73+/m1/s1. The first-order valence-electron chi connectivity index (χ1n) is 47.7. The fraction of sp³-hybridized carbons (Fsp3) is 0.645. The molecule has 52 heteroatoms. The van der Waals surface area contributed by atoms with Gasteiger partial charge in [-0.2, -0.15) is 0 Å². The Bertz CT molecular complexity index is 4830. The maximum Gasteiger partial charge on any atom is 0.323 e. The van der Waals surface area contributed by atoms with Crippen LogP contribution >= 0.6 is 33.2 Å². The van der Waals surface area contributed by atoms with Gasteiger partial charge in [-0.3, -0.25) is 130 Å². The van der Waals surface area contributed by atoms with Gasteiger partial charge in [0.2, 0.25) is 59.1 Å². The van der Waals surface area contributed by atoms with Gasteiger partial charge in [0.05, 0.1) is 114 Å². The van der Waals surface area contributed by atoms with Crippen LogP contribution in [0.3, 0.4) is 0 Å². The maximum absolute atomic E-state index is 15.8. The summed E-state index contributed by atoms with van der Waals surface area (Å²) in [6.07, 6.45) is -4.23. The number of aliphatic hydroxyl groups excluding tert-OH is 1. The molecule has 4 aliphatic rings. The number of H-pyrrole nitrogens is 1. The molecule has 3 unspecified atom stereocenters. The van der Waals surface area contributed by atoms with Gasteiger partial charge >= 0.3 is 53.7 Å². The Labute approximate surface area is 853 Å². The van der Waals surface area contributed by atoms with E-state index in [2.05, 4.69) is 52.8 Å². The number of amides is 10. The number of halogens is 1. The summed E-state index contributed by atoms with van der Waals surface area (Å²) in [5.74, 6) is -16.9. The predicted octanol–water partition coefficient (Wildman–Crippen LogP) is -4.65. The van der Waals surface area contributed by atoms with E-state index in [9.17, 15) is 82.4 Å². The van der Waals surface area contributed by atoms with Crippen LogP contribution in [-0.4, -0.2) is 476 Å². The molecule has 0 saturated carbocycles. The van der Waals surface area contributed by atoms with Gasteiger partial charge in [0.1, 0.15) is 60.1 Å². The third-order valence-corrected chi connectivity index (χ3v) is 27.8. The van der Waals surface area contributed by atoms with Crippen LogP contribution in [-0.2, 0) is 142 Å². The number of carboxylic acids is 1. The quantitative estimate of drug-likeness (QED) is 0.0145. The Balaban J connectivity index is 1.28. The Morgan fingerprint density at radius 3 is 1.44 bits per heavy atom. The van der Waals surface area contributed by atoms with Crippen LogP contribution in [0.15, 0.2) is 48.7 Å². The number of ether oxygens (including phenoxy) is 8. The van der Waals surface area contributed by atoms with Gasteiger partial charge in [0.15, 0.2) is 0 Å². The number of aromatic hydroxyl groups is 1. The highest BCUT2D eigenvalue weighted by atomic mass is 35.5. The van der Waals surface area contributed by atoms with E-state index in [4.69, 9.17) is 49.5 Å². The molecule has 7 rings (SSSR count). The number of methoxy groups -OCH3 is 8.